The third-order valence-electron chi connectivity index (χ3n) is 4.14. The lowest BCUT2D eigenvalue weighted by Gasteiger charge is -2.10. The summed E-state index contributed by atoms with van der Waals surface area (Å²) in [4.78, 5) is 13.3. The molecule has 0 bridgehead atoms. The lowest BCUT2D eigenvalue weighted by atomic mass is 10.1. The van der Waals surface area contributed by atoms with E-state index in [2.05, 4.69) is 26.8 Å². The molecule has 7 heteroatoms. The van der Waals surface area contributed by atoms with Crippen LogP contribution < -0.4 is 10.1 Å². The van der Waals surface area contributed by atoms with Gasteiger partial charge in [-0.2, -0.15) is 4.80 Å². The van der Waals surface area contributed by atoms with Crippen LogP contribution in [0.5, 0.6) is 5.75 Å². The molecule has 2 aromatic carbocycles. The molecule has 0 aliphatic rings. The van der Waals surface area contributed by atoms with Crippen molar-refractivity contribution in [3.05, 3.63) is 59.2 Å². The Balaban J connectivity index is 1.46. The first-order chi connectivity index (χ1) is 13.0. The Morgan fingerprint density at radius 2 is 1.93 bits per heavy atom. The van der Waals surface area contributed by atoms with Crippen molar-refractivity contribution in [2.45, 2.75) is 27.3 Å². The van der Waals surface area contributed by atoms with E-state index in [4.69, 9.17) is 4.74 Å². The van der Waals surface area contributed by atoms with Crippen LogP contribution >= 0.6 is 0 Å². The monoisotopic (exact) mass is 365 g/mol. The summed E-state index contributed by atoms with van der Waals surface area (Å²) >= 11 is 0. The molecular formula is C20H23N5O2. The number of amides is 1. The van der Waals surface area contributed by atoms with Crippen molar-refractivity contribution in [3.63, 3.8) is 0 Å². The minimum absolute atomic E-state index is 0.0163. The van der Waals surface area contributed by atoms with Gasteiger partial charge in [0.25, 0.3) is 0 Å². The van der Waals surface area contributed by atoms with Gasteiger partial charge in [-0.05, 0) is 43.2 Å². The Morgan fingerprint density at radius 1 is 1.11 bits per heavy atom. The summed E-state index contributed by atoms with van der Waals surface area (Å²) in [6.45, 7) is 6.85. The second kappa shape index (κ2) is 8.44. The largest absolute Gasteiger partial charge is 0.491 e. The summed E-state index contributed by atoms with van der Waals surface area (Å²) in [5, 5.41) is 15.1. The molecule has 1 aromatic heterocycles. The molecule has 0 atom stereocenters. The Labute approximate surface area is 158 Å². The minimum Gasteiger partial charge on any atom is -0.491 e. The number of benzene rings is 2. The molecule has 1 amide bonds. The number of carbonyl (C=O) groups excluding carboxylic acids is 1. The number of nitrogens with one attached hydrogen (secondary N) is 1. The Hall–Kier alpha value is -3.22. The molecule has 0 spiro atoms. The molecule has 27 heavy (non-hydrogen) atoms. The van der Waals surface area contributed by atoms with Crippen LogP contribution in [0.1, 0.15) is 16.7 Å². The molecule has 1 heterocycles. The average Bonchev–Trinajstić information content (AvgIpc) is 3.08. The second-order valence-corrected chi connectivity index (χ2v) is 6.43. The van der Waals surface area contributed by atoms with Gasteiger partial charge in [-0.3, -0.25) is 4.79 Å². The zero-order valence-corrected chi connectivity index (χ0v) is 15.8. The predicted octanol–water partition coefficient (Wildman–Crippen LogP) is 2.46. The Bertz CT molecular complexity index is 936. The van der Waals surface area contributed by atoms with Crippen molar-refractivity contribution < 1.29 is 9.53 Å². The zero-order valence-electron chi connectivity index (χ0n) is 15.8. The van der Waals surface area contributed by atoms with Gasteiger partial charge < -0.3 is 10.1 Å². The van der Waals surface area contributed by atoms with Crippen LogP contribution in [-0.4, -0.2) is 39.3 Å². The summed E-state index contributed by atoms with van der Waals surface area (Å²) in [5.74, 6) is 1.16. The van der Waals surface area contributed by atoms with Crippen LogP contribution in [0.2, 0.25) is 0 Å². The number of ether oxygens (including phenoxy) is 1. The van der Waals surface area contributed by atoms with Gasteiger partial charge in [-0.25, -0.2) is 0 Å². The minimum atomic E-state index is -0.187. The highest BCUT2D eigenvalue weighted by atomic mass is 16.5. The molecule has 3 aromatic rings. The van der Waals surface area contributed by atoms with Crippen molar-refractivity contribution in [2.75, 3.05) is 13.2 Å². The van der Waals surface area contributed by atoms with Crippen LogP contribution in [-0.2, 0) is 11.3 Å². The standard InChI is InChI=1S/C20H23N5O2/c1-14-8-9-18(16(3)12-14)27-11-10-21-19(26)13-25-23-20(22-24-25)17-7-5-4-6-15(17)2/h4-9,12H,10-11,13H2,1-3H3,(H,21,26). The summed E-state index contributed by atoms with van der Waals surface area (Å²) < 4.78 is 5.70. The molecule has 1 N–H and O–H groups in total. The first-order valence-corrected chi connectivity index (χ1v) is 8.83. The molecule has 0 fully saturated rings. The lowest BCUT2D eigenvalue weighted by molar-refractivity contribution is -0.122. The van der Waals surface area contributed by atoms with Gasteiger partial charge in [0.1, 0.15) is 18.9 Å². The van der Waals surface area contributed by atoms with Crippen LogP contribution in [0.3, 0.4) is 0 Å². The third kappa shape index (κ3) is 4.91. The number of carbonyl (C=O) groups is 1. The highest BCUT2D eigenvalue weighted by Gasteiger charge is 2.10. The van der Waals surface area contributed by atoms with Crippen LogP contribution in [0.4, 0.5) is 0 Å². The average molecular weight is 365 g/mol. The molecule has 0 saturated carbocycles. The van der Waals surface area contributed by atoms with Crippen molar-refractivity contribution in [2.24, 2.45) is 0 Å². The fourth-order valence-electron chi connectivity index (χ4n) is 2.74. The normalized spacial score (nSPS) is 10.6. The first-order valence-electron chi connectivity index (χ1n) is 8.83. The molecule has 0 aliphatic carbocycles. The summed E-state index contributed by atoms with van der Waals surface area (Å²) in [6, 6.07) is 13.8. The van der Waals surface area contributed by atoms with Gasteiger partial charge in [0.05, 0.1) is 6.54 Å². The van der Waals surface area contributed by atoms with E-state index in [1.54, 1.807) is 0 Å². The summed E-state index contributed by atoms with van der Waals surface area (Å²) in [5.41, 5.74) is 4.24. The van der Waals surface area contributed by atoms with E-state index < -0.39 is 0 Å². The molecular weight excluding hydrogens is 342 g/mol. The number of tetrazole rings is 1. The fourth-order valence-corrected chi connectivity index (χ4v) is 2.74. The fraction of sp³-hybridized carbons (Fsp3) is 0.300. The maximum atomic E-state index is 12.1. The molecule has 140 valence electrons. The van der Waals surface area contributed by atoms with Crippen molar-refractivity contribution in [1.29, 1.82) is 0 Å². The van der Waals surface area contributed by atoms with E-state index in [0.29, 0.717) is 19.0 Å². The van der Waals surface area contributed by atoms with Crippen molar-refractivity contribution >= 4 is 5.91 Å². The Morgan fingerprint density at radius 3 is 2.70 bits per heavy atom. The number of aryl methyl sites for hydroxylation is 3. The molecule has 7 nitrogen and oxygen atoms in total. The van der Waals surface area contributed by atoms with Gasteiger partial charge in [0.15, 0.2) is 0 Å². The first kappa shape index (κ1) is 18.6. The van der Waals surface area contributed by atoms with Gasteiger partial charge in [-0.1, -0.05) is 42.0 Å². The SMILES string of the molecule is Cc1ccc(OCCNC(=O)Cn2nnc(-c3ccccc3C)n2)c(C)c1. The van der Waals surface area contributed by atoms with E-state index in [9.17, 15) is 4.79 Å². The lowest BCUT2D eigenvalue weighted by Crippen LogP contribution is -2.31. The number of nitrogens with zero attached hydrogens (tertiary/aromatic N) is 4. The number of hydrogen-bond donors (Lipinski definition) is 1. The maximum absolute atomic E-state index is 12.1. The van der Waals surface area contributed by atoms with Crippen LogP contribution in [0, 0.1) is 20.8 Å². The van der Waals surface area contributed by atoms with E-state index in [0.717, 1.165) is 22.4 Å². The highest BCUT2D eigenvalue weighted by Crippen LogP contribution is 2.18. The van der Waals surface area contributed by atoms with E-state index in [1.165, 1.54) is 10.4 Å². The third-order valence-corrected chi connectivity index (χ3v) is 4.14. The Kier molecular flexibility index (Phi) is 5.80. The summed E-state index contributed by atoms with van der Waals surface area (Å²) in [6.07, 6.45) is 0. The molecule has 0 aliphatic heterocycles. The molecule has 0 saturated heterocycles. The smallest absolute Gasteiger partial charge is 0.243 e. The van der Waals surface area contributed by atoms with E-state index in [-0.39, 0.29) is 12.5 Å². The quantitative estimate of drug-likeness (QED) is 0.651. The summed E-state index contributed by atoms with van der Waals surface area (Å²) in [7, 11) is 0. The van der Waals surface area contributed by atoms with Gasteiger partial charge in [0.2, 0.25) is 11.7 Å². The van der Waals surface area contributed by atoms with Crippen LogP contribution in [0.25, 0.3) is 11.4 Å². The van der Waals surface area contributed by atoms with Crippen molar-refractivity contribution in [1.82, 2.24) is 25.5 Å². The second-order valence-electron chi connectivity index (χ2n) is 6.43. The van der Waals surface area contributed by atoms with Gasteiger partial charge >= 0.3 is 0 Å². The predicted molar refractivity (Wildman–Crippen MR) is 102 cm³/mol. The maximum Gasteiger partial charge on any atom is 0.243 e. The highest BCUT2D eigenvalue weighted by molar-refractivity contribution is 5.75. The molecule has 0 radical (unpaired) electrons. The zero-order chi connectivity index (χ0) is 19.2. The number of hydrogen-bond acceptors (Lipinski definition) is 5. The molecule has 0 unspecified atom stereocenters. The number of rotatable bonds is 7. The van der Waals surface area contributed by atoms with Gasteiger partial charge in [0, 0.05) is 5.56 Å². The number of aromatic nitrogens is 4. The van der Waals surface area contributed by atoms with Gasteiger partial charge in [-0.15, -0.1) is 10.2 Å². The van der Waals surface area contributed by atoms with E-state index >= 15 is 0 Å². The van der Waals surface area contributed by atoms with Crippen molar-refractivity contribution in [3.8, 4) is 17.1 Å². The van der Waals surface area contributed by atoms with E-state index in [1.807, 2.05) is 57.2 Å². The molecule has 3 rings (SSSR count). The topological polar surface area (TPSA) is 81.9 Å². The van der Waals surface area contributed by atoms with Crippen LogP contribution in [0.15, 0.2) is 42.5 Å².